The zero-order chi connectivity index (χ0) is 14.7. The summed E-state index contributed by atoms with van der Waals surface area (Å²) >= 11 is 0. The fourth-order valence-corrected chi connectivity index (χ4v) is 2.65. The highest BCUT2D eigenvalue weighted by molar-refractivity contribution is 5.81. The van der Waals surface area contributed by atoms with Gasteiger partial charge in [-0.3, -0.25) is 14.6 Å². The van der Waals surface area contributed by atoms with Crippen molar-refractivity contribution in [2.24, 2.45) is 7.05 Å². The fraction of sp³-hybridized carbons (Fsp3) is 0.714. The molecule has 1 aromatic rings. The molecule has 6 heteroatoms. The number of rotatable bonds is 4. The van der Waals surface area contributed by atoms with E-state index in [1.807, 2.05) is 17.8 Å². The molecule has 1 aliphatic heterocycles. The summed E-state index contributed by atoms with van der Waals surface area (Å²) in [5.74, 6) is 1.08. The zero-order valence-electron chi connectivity index (χ0n) is 12.8. The molecule has 1 N–H and O–H groups in total. The number of carbonyl (C=O) groups excluding carboxylic acids is 1. The Bertz CT molecular complexity index is 456. The van der Waals surface area contributed by atoms with Gasteiger partial charge in [0.05, 0.1) is 6.54 Å². The van der Waals surface area contributed by atoms with Gasteiger partial charge in [0.15, 0.2) is 0 Å². The van der Waals surface area contributed by atoms with Crippen LogP contribution in [0.25, 0.3) is 0 Å². The topological polar surface area (TPSA) is 53.4 Å². The second-order valence-electron chi connectivity index (χ2n) is 5.64. The molecule has 0 spiro atoms. The number of hydrogen-bond acceptors (Lipinski definition) is 4. The Morgan fingerprint density at radius 2 is 2.25 bits per heavy atom. The number of hydrogen-bond donors (Lipinski definition) is 1. The number of nitrogens with zero attached hydrogens (tertiary/aromatic N) is 4. The maximum atomic E-state index is 12.2. The van der Waals surface area contributed by atoms with E-state index in [4.69, 9.17) is 0 Å². The third-order valence-corrected chi connectivity index (χ3v) is 4.07. The van der Waals surface area contributed by atoms with Crippen LogP contribution in [0.15, 0.2) is 12.4 Å². The van der Waals surface area contributed by atoms with Crippen molar-refractivity contribution < 1.29 is 4.79 Å². The summed E-state index contributed by atoms with van der Waals surface area (Å²) in [5, 5.41) is 2.78. The average molecular weight is 279 g/mol. The molecule has 2 heterocycles. The van der Waals surface area contributed by atoms with Crippen molar-refractivity contribution in [1.82, 2.24) is 24.7 Å². The summed E-state index contributed by atoms with van der Waals surface area (Å²) in [6.07, 6.45) is 3.74. The van der Waals surface area contributed by atoms with Gasteiger partial charge in [0.25, 0.3) is 0 Å². The van der Waals surface area contributed by atoms with Crippen LogP contribution in [-0.4, -0.2) is 64.0 Å². The Kier molecular flexibility index (Phi) is 4.77. The highest BCUT2D eigenvalue weighted by atomic mass is 16.2. The van der Waals surface area contributed by atoms with Gasteiger partial charge >= 0.3 is 0 Å². The van der Waals surface area contributed by atoms with Crippen molar-refractivity contribution in [2.45, 2.75) is 32.5 Å². The summed E-state index contributed by atoms with van der Waals surface area (Å²) in [7, 11) is 3.69. The summed E-state index contributed by atoms with van der Waals surface area (Å²) in [6, 6.07) is 0.366. The lowest BCUT2D eigenvalue weighted by Gasteiger charge is -2.41. The molecule has 1 amide bonds. The van der Waals surface area contributed by atoms with Crippen LogP contribution >= 0.6 is 0 Å². The summed E-state index contributed by atoms with van der Waals surface area (Å²) in [6.45, 7) is 7.73. The SMILES string of the molecule is CNC(=O)[C@H]1CN(C(C)C)CCN1Cc1nccn1C. The van der Waals surface area contributed by atoms with Crippen molar-refractivity contribution in [3.8, 4) is 0 Å². The molecule has 0 unspecified atom stereocenters. The maximum Gasteiger partial charge on any atom is 0.238 e. The van der Waals surface area contributed by atoms with Crippen molar-refractivity contribution in [1.29, 1.82) is 0 Å². The third-order valence-electron chi connectivity index (χ3n) is 4.07. The van der Waals surface area contributed by atoms with E-state index in [9.17, 15) is 4.79 Å². The van der Waals surface area contributed by atoms with E-state index < -0.39 is 0 Å². The Morgan fingerprint density at radius 1 is 1.50 bits per heavy atom. The number of amides is 1. The molecular weight excluding hydrogens is 254 g/mol. The standard InChI is InChI=1S/C14H25N5O/c1-11(2)18-7-8-19(12(9-18)14(20)15-3)10-13-16-5-6-17(13)4/h5-6,11-12H,7-10H2,1-4H3,(H,15,20)/t12-/m1/s1. The lowest BCUT2D eigenvalue weighted by molar-refractivity contribution is -0.129. The van der Waals surface area contributed by atoms with Crippen LogP contribution in [0.5, 0.6) is 0 Å². The number of piperazine rings is 1. The van der Waals surface area contributed by atoms with Crippen LogP contribution in [0.2, 0.25) is 0 Å². The van der Waals surface area contributed by atoms with E-state index in [1.54, 1.807) is 13.2 Å². The van der Waals surface area contributed by atoms with Gasteiger partial charge in [-0.2, -0.15) is 0 Å². The minimum Gasteiger partial charge on any atom is -0.358 e. The Morgan fingerprint density at radius 3 is 2.80 bits per heavy atom. The van der Waals surface area contributed by atoms with Gasteiger partial charge in [0.2, 0.25) is 5.91 Å². The first-order valence-electron chi connectivity index (χ1n) is 7.18. The maximum absolute atomic E-state index is 12.2. The van der Waals surface area contributed by atoms with E-state index in [0.29, 0.717) is 12.6 Å². The number of nitrogens with one attached hydrogen (secondary N) is 1. The van der Waals surface area contributed by atoms with Gasteiger partial charge in [-0.15, -0.1) is 0 Å². The third kappa shape index (κ3) is 3.19. The van der Waals surface area contributed by atoms with Gasteiger partial charge in [-0.1, -0.05) is 0 Å². The second-order valence-corrected chi connectivity index (χ2v) is 5.64. The molecule has 1 fully saturated rings. The Labute approximate surface area is 120 Å². The molecule has 1 aromatic heterocycles. The van der Waals surface area contributed by atoms with Crippen molar-refractivity contribution in [2.75, 3.05) is 26.7 Å². The first-order valence-corrected chi connectivity index (χ1v) is 7.18. The highest BCUT2D eigenvalue weighted by Gasteiger charge is 2.33. The summed E-state index contributed by atoms with van der Waals surface area (Å²) < 4.78 is 2.01. The monoisotopic (exact) mass is 279 g/mol. The number of aryl methyl sites for hydroxylation is 1. The smallest absolute Gasteiger partial charge is 0.238 e. The Hall–Kier alpha value is -1.40. The van der Waals surface area contributed by atoms with Gasteiger partial charge in [-0.25, -0.2) is 4.98 Å². The van der Waals surface area contributed by atoms with Gasteiger partial charge < -0.3 is 9.88 Å². The lowest BCUT2D eigenvalue weighted by atomic mass is 10.1. The highest BCUT2D eigenvalue weighted by Crippen LogP contribution is 2.15. The van der Waals surface area contributed by atoms with Crippen LogP contribution < -0.4 is 5.32 Å². The molecule has 0 bridgehead atoms. The van der Waals surface area contributed by atoms with Gasteiger partial charge in [0, 0.05) is 52.2 Å². The van der Waals surface area contributed by atoms with Crippen molar-refractivity contribution >= 4 is 5.91 Å². The molecule has 0 saturated carbocycles. The molecule has 112 valence electrons. The van der Waals surface area contributed by atoms with E-state index in [-0.39, 0.29) is 11.9 Å². The van der Waals surface area contributed by atoms with Crippen LogP contribution in [-0.2, 0) is 18.4 Å². The van der Waals surface area contributed by atoms with Crippen LogP contribution in [0, 0.1) is 0 Å². The first kappa shape index (κ1) is 15.0. The Balaban J connectivity index is 2.10. The molecule has 6 nitrogen and oxygen atoms in total. The second kappa shape index (κ2) is 6.37. The predicted octanol–water partition coefficient (Wildman–Crippen LogP) is 0.0607. The zero-order valence-corrected chi connectivity index (χ0v) is 12.8. The van der Waals surface area contributed by atoms with Gasteiger partial charge in [-0.05, 0) is 13.8 Å². The van der Waals surface area contributed by atoms with Crippen LogP contribution in [0.3, 0.4) is 0 Å². The largest absolute Gasteiger partial charge is 0.358 e. The minimum atomic E-state index is -0.104. The number of imidazole rings is 1. The number of aromatic nitrogens is 2. The molecule has 0 radical (unpaired) electrons. The van der Waals surface area contributed by atoms with Crippen LogP contribution in [0.1, 0.15) is 19.7 Å². The summed E-state index contributed by atoms with van der Waals surface area (Å²) in [4.78, 5) is 21.1. The number of likely N-dealkylation sites (N-methyl/N-ethyl adjacent to an activating group) is 1. The van der Waals surface area contributed by atoms with Crippen LogP contribution in [0.4, 0.5) is 0 Å². The normalized spacial score (nSPS) is 21.4. The van der Waals surface area contributed by atoms with E-state index in [2.05, 4.69) is 33.9 Å². The van der Waals surface area contributed by atoms with E-state index in [0.717, 1.165) is 25.5 Å². The lowest BCUT2D eigenvalue weighted by Crippen LogP contribution is -2.59. The molecule has 1 aliphatic rings. The predicted molar refractivity (Wildman–Crippen MR) is 78.2 cm³/mol. The molecule has 0 aromatic carbocycles. The van der Waals surface area contributed by atoms with Gasteiger partial charge in [0.1, 0.15) is 11.9 Å². The quantitative estimate of drug-likeness (QED) is 0.847. The molecule has 0 aliphatic carbocycles. The summed E-state index contributed by atoms with van der Waals surface area (Å²) in [5.41, 5.74) is 0. The van der Waals surface area contributed by atoms with Crippen molar-refractivity contribution in [3.05, 3.63) is 18.2 Å². The molecule has 1 saturated heterocycles. The molecule has 2 rings (SSSR count). The molecular formula is C14H25N5O. The average Bonchev–Trinajstić information content (AvgIpc) is 2.83. The van der Waals surface area contributed by atoms with E-state index >= 15 is 0 Å². The first-order chi connectivity index (χ1) is 9.52. The molecule has 20 heavy (non-hydrogen) atoms. The molecule has 1 atom stereocenters. The van der Waals surface area contributed by atoms with E-state index in [1.165, 1.54) is 0 Å². The minimum absolute atomic E-state index is 0.0876. The fourth-order valence-electron chi connectivity index (χ4n) is 2.65. The van der Waals surface area contributed by atoms with Crippen molar-refractivity contribution in [3.63, 3.8) is 0 Å². The number of carbonyl (C=O) groups is 1.